The molecular weight excluding hydrogens is 551 g/mol. The Bertz CT molecular complexity index is 1450. The number of halogens is 2. The van der Waals surface area contributed by atoms with Gasteiger partial charge in [-0.1, -0.05) is 105 Å². The van der Waals surface area contributed by atoms with E-state index in [1.807, 2.05) is 31.2 Å². The molecule has 0 bridgehead atoms. The molecule has 2 aromatic heterocycles. The van der Waals surface area contributed by atoms with Crippen LogP contribution in [0.1, 0.15) is 99.6 Å². The summed E-state index contributed by atoms with van der Waals surface area (Å²) in [5.74, 6) is 0.710. The van der Waals surface area contributed by atoms with Gasteiger partial charge in [0.05, 0.1) is 21.3 Å². The normalized spacial score (nSPS) is 17.4. The van der Waals surface area contributed by atoms with Crippen molar-refractivity contribution in [2.75, 3.05) is 0 Å². The fourth-order valence-electron chi connectivity index (χ4n) is 5.99. The third-order valence-electron chi connectivity index (χ3n) is 8.21. The summed E-state index contributed by atoms with van der Waals surface area (Å²) >= 11 is 12.7. The number of aromatic amines is 1. The molecule has 0 radical (unpaired) electrons. The number of H-pyrrole nitrogens is 1. The minimum atomic E-state index is -0.342. The topological polar surface area (TPSA) is 76.8 Å². The van der Waals surface area contributed by atoms with Crippen molar-refractivity contribution in [2.24, 2.45) is 5.73 Å². The highest BCUT2D eigenvalue weighted by molar-refractivity contribution is 6.35. The maximum absolute atomic E-state index is 7.04. The molecule has 216 valence electrons. The second kappa shape index (κ2) is 13.9. The second-order valence-corrected chi connectivity index (χ2v) is 12.4. The number of fused-ring (bicyclic) bond motifs is 1. The Kier molecular flexibility index (Phi) is 10.0. The highest BCUT2D eigenvalue weighted by atomic mass is 35.5. The van der Waals surface area contributed by atoms with Gasteiger partial charge in [0.1, 0.15) is 11.9 Å². The molecule has 5 rings (SSSR count). The molecule has 0 amide bonds. The number of pyridine rings is 1. The lowest BCUT2D eigenvalue weighted by atomic mass is 9.82. The largest absolute Gasteiger partial charge is 0.486 e. The van der Waals surface area contributed by atoms with Crippen LogP contribution in [0.2, 0.25) is 10.0 Å². The van der Waals surface area contributed by atoms with E-state index in [-0.39, 0.29) is 11.6 Å². The smallest absolute Gasteiger partial charge is 0.124 e. The zero-order valence-electron chi connectivity index (χ0n) is 23.8. The molecular formula is C34H40Cl2N4O. The molecule has 0 unspecified atom stereocenters. The Balaban J connectivity index is 1.30. The molecule has 1 atom stereocenters. The number of rotatable bonds is 7. The molecule has 0 spiro atoms. The molecule has 1 saturated carbocycles. The minimum Gasteiger partial charge on any atom is -0.486 e. The summed E-state index contributed by atoms with van der Waals surface area (Å²) in [7, 11) is 0. The van der Waals surface area contributed by atoms with Crippen LogP contribution in [0.25, 0.3) is 23.1 Å². The van der Waals surface area contributed by atoms with E-state index in [4.69, 9.17) is 33.7 Å². The van der Waals surface area contributed by atoms with Gasteiger partial charge in [0.15, 0.2) is 0 Å². The van der Waals surface area contributed by atoms with Gasteiger partial charge in [0.2, 0.25) is 0 Å². The maximum atomic E-state index is 7.04. The molecule has 1 aliphatic carbocycles. The predicted molar refractivity (Wildman–Crippen MR) is 172 cm³/mol. The summed E-state index contributed by atoms with van der Waals surface area (Å²) in [4.78, 5) is 4.03. The van der Waals surface area contributed by atoms with Crippen LogP contribution in [0.5, 0.6) is 5.75 Å². The number of ether oxygens (including phenoxy) is 1. The molecule has 3 N–H and O–H groups in total. The number of nitrogens with zero attached hydrogens (tertiary/aromatic N) is 2. The van der Waals surface area contributed by atoms with Crippen LogP contribution in [0.3, 0.4) is 0 Å². The van der Waals surface area contributed by atoms with Crippen LogP contribution in [0.15, 0.2) is 54.9 Å². The maximum Gasteiger partial charge on any atom is 0.124 e. The molecule has 1 aliphatic rings. The summed E-state index contributed by atoms with van der Waals surface area (Å²) < 4.78 is 6.22. The quantitative estimate of drug-likeness (QED) is 0.224. The fourth-order valence-corrected chi connectivity index (χ4v) is 6.66. The highest BCUT2D eigenvalue weighted by Gasteiger charge is 2.25. The van der Waals surface area contributed by atoms with Gasteiger partial charge in [0.25, 0.3) is 0 Å². The van der Waals surface area contributed by atoms with E-state index in [0.717, 1.165) is 47.0 Å². The number of hydrogen-bond acceptors (Lipinski definition) is 4. The van der Waals surface area contributed by atoms with Crippen molar-refractivity contribution in [3.8, 4) is 5.75 Å². The van der Waals surface area contributed by atoms with Gasteiger partial charge in [-0.05, 0) is 61.6 Å². The van der Waals surface area contributed by atoms with Crippen LogP contribution in [-0.2, 0) is 6.42 Å². The molecule has 0 saturated heterocycles. The first-order valence-corrected chi connectivity index (χ1v) is 15.7. The molecule has 2 heterocycles. The van der Waals surface area contributed by atoms with Crippen LogP contribution in [0, 0.1) is 0 Å². The molecule has 0 aliphatic heterocycles. The van der Waals surface area contributed by atoms with Crippen LogP contribution < -0.4 is 10.5 Å². The lowest BCUT2D eigenvalue weighted by Crippen LogP contribution is -2.42. The summed E-state index contributed by atoms with van der Waals surface area (Å²) in [5, 5.41) is 9.62. The first-order valence-electron chi connectivity index (χ1n) is 14.9. The fraction of sp³-hybridized carbons (Fsp3) is 0.412. The van der Waals surface area contributed by atoms with E-state index < -0.39 is 0 Å². The van der Waals surface area contributed by atoms with Crippen molar-refractivity contribution in [2.45, 2.75) is 89.2 Å². The number of nitrogens with two attached hydrogens (primary N) is 1. The summed E-state index contributed by atoms with van der Waals surface area (Å²) in [6.07, 6.45) is 20.6. The van der Waals surface area contributed by atoms with E-state index >= 15 is 0 Å². The number of nitrogens with one attached hydrogen (secondary N) is 1. The van der Waals surface area contributed by atoms with Gasteiger partial charge in [-0.15, -0.1) is 0 Å². The predicted octanol–water partition coefficient (Wildman–Crippen LogP) is 9.73. The summed E-state index contributed by atoms with van der Waals surface area (Å²) in [5.41, 5.74) is 11.9. The van der Waals surface area contributed by atoms with Gasteiger partial charge < -0.3 is 10.5 Å². The van der Waals surface area contributed by atoms with Gasteiger partial charge in [-0.3, -0.25) is 10.1 Å². The van der Waals surface area contributed by atoms with Crippen molar-refractivity contribution >= 4 is 46.3 Å². The minimum absolute atomic E-state index is 0.122. The molecule has 41 heavy (non-hydrogen) atoms. The third kappa shape index (κ3) is 7.91. The van der Waals surface area contributed by atoms with Crippen molar-refractivity contribution in [1.82, 2.24) is 15.2 Å². The molecule has 4 aromatic rings. The van der Waals surface area contributed by atoms with Gasteiger partial charge in [-0.25, -0.2) is 0 Å². The Labute approximate surface area is 253 Å². The lowest BCUT2D eigenvalue weighted by molar-refractivity contribution is 0.227. The van der Waals surface area contributed by atoms with Crippen LogP contribution in [-0.4, -0.2) is 20.7 Å². The van der Waals surface area contributed by atoms with Gasteiger partial charge >= 0.3 is 0 Å². The molecule has 7 heteroatoms. The third-order valence-corrected chi connectivity index (χ3v) is 8.82. The number of aromatic nitrogens is 3. The molecule has 5 nitrogen and oxygen atoms in total. The van der Waals surface area contributed by atoms with E-state index in [0.29, 0.717) is 15.8 Å². The van der Waals surface area contributed by atoms with Crippen LogP contribution in [0.4, 0.5) is 0 Å². The van der Waals surface area contributed by atoms with E-state index in [9.17, 15) is 0 Å². The number of hydrogen-bond donors (Lipinski definition) is 2. The van der Waals surface area contributed by atoms with Crippen molar-refractivity contribution in [3.63, 3.8) is 0 Å². The van der Waals surface area contributed by atoms with Crippen molar-refractivity contribution in [3.05, 3.63) is 87.3 Å². The van der Waals surface area contributed by atoms with Crippen LogP contribution >= 0.6 is 23.2 Å². The molecule has 1 fully saturated rings. The standard InChI is InChI=1S/C34H40Cl2N4O/c1-24(33-29(35)22-38-23-30(33)36)41-27-14-16-32-28(20-27)31(39-40-32)15-13-25-11-10-12-26(19-25)21-34(37)17-8-6-4-2-3-5-7-9-18-34/h10-16,19-20,22-24H,2-9,17-18,21,37H2,1H3,(H,39,40)/b15-13+/t24-/m1/s1. The van der Waals surface area contributed by atoms with Crippen molar-refractivity contribution in [1.29, 1.82) is 0 Å². The average molecular weight is 592 g/mol. The monoisotopic (exact) mass is 590 g/mol. The van der Waals surface area contributed by atoms with E-state index in [1.54, 1.807) is 12.4 Å². The Morgan fingerprint density at radius 2 is 1.61 bits per heavy atom. The highest BCUT2D eigenvalue weighted by Crippen LogP contribution is 2.34. The van der Waals surface area contributed by atoms with Crippen molar-refractivity contribution < 1.29 is 4.74 Å². The van der Waals surface area contributed by atoms with E-state index in [2.05, 4.69) is 45.5 Å². The Morgan fingerprint density at radius 3 is 2.32 bits per heavy atom. The Hall–Kier alpha value is -2.86. The number of benzene rings is 2. The average Bonchev–Trinajstić information content (AvgIpc) is 3.33. The van der Waals surface area contributed by atoms with Gasteiger partial charge in [0, 0.05) is 28.9 Å². The zero-order chi connectivity index (χ0) is 28.7. The second-order valence-electron chi connectivity index (χ2n) is 11.5. The van der Waals surface area contributed by atoms with E-state index in [1.165, 1.54) is 56.9 Å². The lowest BCUT2D eigenvalue weighted by Gasteiger charge is -2.30. The molecule has 2 aromatic carbocycles. The SMILES string of the molecule is C[C@@H](Oc1ccc2[nH]nc(/C=C/c3cccc(CC4(N)CCCCCCCCCC4)c3)c2c1)c1c(Cl)cncc1Cl. The summed E-state index contributed by atoms with van der Waals surface area (Å²) in [6.45, 7) is 1.92. The zero-order valence-corrected chi connectivity index (χ0v) is 25.4. The Morgan fingerprint density at radius 1 is 0.927 bits per heavy atom. The van der Waals surface area contributed by atoms with Gasteiger partial charge in [-0.2, -0.15) is 5.10 Å². The summed E-state index contributed by atoms with van der Waals surface area (Å²) in [6, 6.07) is 14.6. The first kappa shape index (κ1) is 29.6. The first-order chi connectivity index (χ1) is 19.9.